The molecule has 0 radical (unpaired) electrons. The molecule has 22 heavy (non-hydrogen) atoms. The molecule has 0 fully saturated rings. The van der Waals surface area contributed by atoms with E-state index in [1.165, 1.54) is 43.0 Å². The molecule has 0 aliphatic heterocycles. The summed E-state index contributed by atoms with van der Waals surface area (Å²) in [6.07, 6.45) is 9.91. The van der Waals surface area contributed by atoms with Crippen LogP contribution in [-0.2, 0) is 11.3 Å². The Hall–Kier alpha value is -1.76. The maximum atomic E-state index is 11.9. The van der Waals surface area contributed by atoms with E-state index < -0.39 is 0 Å². The molecule has 0 saturated heterocycles. The SMILES string of the molecule is C=CCn1c(N)nnc1SCC(=O)NCCC1=CCCCC1. The number of nitrogens with two attached hydrogens (primary N) is 1. The van der Waals surface area contributed by atoms with Crippen molar-refractivity contribution in [2.75, 3.05) is 18.0 Å². The fourth-order valence-corrected chi connectivity index (χ4v) is 3.17. The zero-order chi connectivity index (χ0) is 15.8. The van der Waals surface area contributed by atoms with Crippen LogP contribution in [0.1, 0.15) is 32.1 Å². The summed E-state index contributed by atoms with van der Waals surface area (Å²) in [5, 5.41) is 11.4. The van der Waals surface area contributed by atoms with Crippen LogP contribution >= 0.6 is 11.8 Å². The normalized spacial score (nSPS) is 14.5. The number of hydrogen-bond donors (Lipinski definition) is 2. The Labute approximate surface area is 135 Å². The van der Waals surface area contributed by atoms with E-state index in [4.69, 9.17) is 5.73 Å². The molecule has 2 rings (SSSR count). The molecular weight excluding hydrogens is 298 g/mol. The number of nitrogens with one attached hydrogen (secondary N) is 1. The molecule has 1 aromatic rings. The molecule has 1 heterocycles. The third-order valence-electron chi connectivity index (χ3n) is 3.54. The van der Waals surface area contributed by atoms with E-state index in [0.717, 1.165) is 6.42 Å². The smallest absolute Gasteiger partial charge is 0.230 e. The highest BCUT2D eigenvalue weighted by Crippen LogP contribution is 2.20. The molecular formula is C15H23N5OS. The van der Waals surface area contributed by atoms with E-state index in [-0.39, 0.29) is 5.91 Å². The van der Waals surface area contributed by atoms with Gasteiger partial charge in [0.1, 0.15) is 0 Å². The molecule has 0 atom stereocenters. The van der Waals surface area contributed by atoms with Crippen molar-refractivity contribution in [3.8, 4) is 0 Å². The van der Waals surface area contributed by atoms with Crippen molar-refractivity contribution >= 4 is 23.6 Å². The molecule has 0 unspecified atom stereocenters. The van der Waals surface area contributed by atoms with Crippen molar-refractivity contribution in [3.05, 3.63) is 24.3 Å². The second-order valence-corrected chi connectivity index (χ2v) is 6.18. The summed E-state index contributed by atoms with van der Waals surface area (Å²) >= 11 is 1.34. The van der Waals surface area contributed by atoms with Gasteiger partial charge in [0.2, 0.25) is 11.9 Å². The number of aromatic nitrogens is 3. The van der Waals surface area contributed by atoms with Crippen molar-refractivity contribution in [2.45, 2.75) is 43.8 Å². The maximum absolute atomic E-state index is 11.9. The number of nitrogen functional groups attached to an aromatic ring is 1. The average Bonchev–Trinajstić information content (AvgIpc) is 2.87. The number of nitrogens with zero attached hydrogens (tertiary/aromatic N) is 3. The van der Waals surface area contributed by atoms with Crippen LogP contribution in [0.5, 0.6) is 0 Å². The largest absolute Gasteiger partial charge is 0.368 e. The van der Waals surface area contributed by atoms with Gasteiger partial charge >= 0.3 is 0 Å². The summed E-state index contributed by atoms with van der Waals surface area (Å²) in [4.78, 5) is 11.9. The molecule has 0 saturated carbocycles. The highest BCUT2D eigenvalue weighted by molar-refractivity contribution is 7.99. The summed E-state index contributed by atoms with van der Waals surface area (Å²) in [6.45, 7) is 4.91. The fraction of sp³-hybridized carbons (Fsp3) is 0.533. The van der Waals surface area contributed by atoms with Crippen LogP contribution in [0.25, 0.3) is 0 Å². The highest BCUT2D eigenvalue weighted by Gasteiger charge is 2.11. The van der Waals surface area contributed by atoms with Crippen molar-refractivity contribution < 1.29 is 4.79 Å². The molecule has 1 amide bonds. The number of carbonyl (C=O) groups excluding carboxylic acids is 1. The number of carbonyl (C=O) groups is 1. The number of anilines is 1. The number of amides is 1. The minimum atomic E-state index is 0.00753. The second-order valence-electron chi connectivity index (χ2n) is 5.24. The van der Waals surface area contributed by atoms with Gasteiger partial charge in [0.15, 0.2) is 5.16 Å². The Morgan fingerprint density at radius 1 is 1.50 bits per heavy atom. The van der Waals surface area contributed by atoms with Gasteiger partial charge in [-0.05, 0) is 32.1 Å². The van der Waals surface area contributed by atoms with E-state index in [0.29, 0.717) is 29.9 Å². The fourth-order valence-electron chi connectivity index (χ4n) is 2.38. The third-order valence-corrected chi connectivity index (χ3v) is 4.51. The summed E-state index contributed by atoms with van der Waals surface area (Å²) < 4.78 is 1.73. The molecule has 7 heteroatoms. The minimum absolute atomic E-state index is 0.00753. The molecule has 0 aromatic carbocycles. The summed E-state index contributed by atoms with van der Waals surface area (Å²) in [6, 6.07) is 0. The van der Waals surface area contributed by atoms with Crippen molar-refractivity contribution in [3.63, 3.8) is 0 Å². The molecule has 120 valence electrons. The predicted molar refractivity (Wildman–Crippen MR) is 89.5 cm³/mol. The van der Waals surface area contributed by atoms with Gasteiger partial charge in [-0.2, -0.15) is 0 Å². The van der Waals surface area contributed by atoms with Crippen LogP contribution in [-0.4, -0.2) is 33.0 Å². The minimum Gasteiger partial charge on any atom is -0.368 e. The maximum Gasteiger partial charge on any atom is 0.230 e. The van der Waals surface area contributed by atoms with Crippen LogP contribution in [0.2, 0.25) is 0 Å². The molecule has 1 aromatic heterocycles. The van der Waals surface area contributed by atoms with Gasteiger partial charge < -0.3 is 11.1 Å². The predicted octanol–water partition coefficient (Wildman–Crippen LogP) is 2.15. The highest BCUT2D eigenvalue weighted by atomic mass is 32.2. The summed E-state index contributed by atoms with van der Waals surface area (Å²) in [7, 11) is 0. The first-order chi connectivity index (χ1) is 10.7. The van der Waals surface area contributed by atoms with E-state index in [1.54, 1.807) is 10.6 Å². The van der Waals surface area contributed by atoms with E-state index in [9.17, 15) is 4.79 Å². The molecule has 3 N–H and O–H groups in total. The molecule has 0 spiro atoms. The number of allylic oxidation sites excluding steroid dienone is 2. The summed E-state index contributed by atoms with van der Waals surface area (Å²) in [5.74, 6) is 0.661. The molecule has 6 nitrogen and oxygen atoms in total. The Morgan fingerprint density at radius 3 is 3.09 bits per heavy atom. The van der Waals surface area contributed by atoms with Gasteiger partial charge in [-0.15, -0.1) is 16.8 Å². The molecule has 0 bridgehead atoms. The molecule has 1 aliphatic rings. The van der Waals surface area contributed by atoms with Gasteiger partial charge in [-0.3, -0.25) is 9.36 Å². The second kappa shape index (κ2) is 8.63. The first-order valence-electron chi connectivity index (χ1n) is 7.57. The Bertz CT molecular complexity index is 552. The number of thioether (sulfide) groups is 1. The quantitative estimate of drug-likeness (QED) is 0.566. The zero-order valence-corrected chi connectivity index (χ0v) is 13.6. The van der Waals surface area contributed by atoms with Crippen molar-refractivity contribution in [1.82, 2.24) is 20.1 Å². The Morgan fingerprint density at radius 2 is 2.36 bits per heavy atom. The average molecular weight is 321 g/mol. The number of hydrogen-bond acceptors (Lipinski definition) is 5. The van der Waals surface area contributed by atoms with Crippen LogP contribution < -0.4 is 11.1 Å². The van der Waals surface area contributed by atoms with Crippen LogP contribution in [0.4, 0.5) is 5.95 Å². The van der Waals surface area contributed by atoms with Crippen LogP contribution in [0.3, 0.4) is 0 Å². The van der Waals surface area contributed by atoms with E-state index in [1.807, 2.05) is 0 Å². The van der Waals surface area contributed by atoms with Gasteiger partial charge in [0.05, 0.1) is 5.75 Å². The Balaban J connectivity index is 1.71. The zero-order valence-electron chi connectivity index (χ0n) is 12.8. The standard InChI is InChI=1S/C15H23N5OS/c1-2-10-20-14(16)18-19-15(20)22-11-13(21)17-9-8-12-6-4-3-5-7-12/h2,6H,1,3-5,7-11H2,(H2,16,18)(H,17,21). The summed E-state index contributed by atoms with van der Waals surface area (Å²) in [5.41, 5.74) is 7.19. The van der Waals surface area contributed by atoms with Crippen molar-refractivity contribution in [2.24, 2.45) is 0 Å². The third kappa shape index (κ3) is 4.91. The lowest BCUT2D eigenvalue weighted by molar-refractivity contribution is -0.118. The lowest BCUT2D eigenvalue weighted by atomic mass is 9.97. The van der Waals surface area contributed by atoms with E-state index in [2.05, 4.69) is 28.2 Å². The Kier molecular flexibility index (Phi) is 6.51. The lowest BCUT2D eigenvalue weighted by Crippen LogP contribution is -2.26. The number of rotatable bonds is 8. The topological polar surface area (TPSA) is 85.8 Å². The van der Waals surface area contributed by atoms with Gasteiger partial charge in [0.25, 0.3) is 0 Å². The van der Waals surface area contributed by atoms with Gasteiger partial charge in [0, 0.05) is 13.1 Å². The van der Waals surface area contributed by atoms with Gasteiger partial charge in [-0.25, -0.2) is 0 Å². The monoisotopic (exact) mass is 321 g/mol. The molecule has 1 aliphatic carbocycles. The first kappa shape index (κ1) is 16.6. The van der Waals surface area contributed by atoms with Crippen LogP contribution in [0.15, 0.2) is 29.5 Å². The van der Waals surface area contributed by atoms with Crippen molar-refractivity contribution in [1.29, 1.82) is 0 Å². The van der Waals surface area contributed by atoms with E-state index >= 15 is 0 Å². The van der Waals surface area contributed by atoms with Crippen LogP contribution in [0, 0.1) is 0 Å². The lowest BCUT2D eigenvalue weighted by Gasteiger charge is -2.12. The first-order valence-corrected chi connectivity index (χ1v) is 8.56. The van der Waals surface area contributed by atoms with Gasteiger partial charge in [-0.1, -0.05) is 29.5 Å².